The van der Waals surface area contributed by atoms with Crippen LogP contribution in [0, 0.1) is 0 Å². The molecule has 1 aliphatic rings. The Kier molecular flexibility index (Phi) is 3.54. The number of aromatic nitrogens is 2. The van der Waals surface area contributed by atoms with Crippen LogP contribution in [-0.2, 0) is 11.3 Å². The number of hydrogen-bond donors (Lipinski definition) is 2. The molecule has 24 heavy (non-hydrogen) atoms. The molecule has 0 aliphatic carbocycles. The molecule has 1 aromatic heterocycles. The molecule has 0 bridgehead atoms. The Labute approximate surface area is 139 Å². The summed E-state index contributed by atoms with van der Waals surface area (Å²) in [6.07, 6.45) is 4.00. The molecular weight excluding hydrogens is 302 g/mol. The van der Waals surface area contributed by atoms with E-state index in [1.165, 1.54) is 0 Å². The zero-order valence-electron chi connectivity index (χ0n) is 13.0. The number of nitrogens with zero attached hydrogens (tertiary/aromatic N) is 2. The minimum absolute atomic E-state index is 0.00979. The van der Waals surface area contributed by atoms with Crippen molar-refractivity contribution in [3.05, 3.63) is 72.2 Å². The van der Waals surface area contributed by atoms with Crippen LogP contribution in [0.3, 0.4) is 0 Å². The van der Waals surface area contributed by atoms with E-state index in [1.807, 2.05) is 18.3 Å². The predicted molar refractivity (Wildman–Crippen MR) is 90.4 cm³/mol. The minimum Gasteiger partial charge on any atom is -0.508 e. The van der Waals surface area contributed by atoms with Gasteiger partial charge in [-0.2, -0.15) is 0 Å². The van der Waals surface area contributed by atoms with Crippen molar-refractivity contribution in [2.24, 2.45) is 0 Å². The molecule has 2 heterocycles. The lowest BCUT2D eigenvalue weighted by Crippen LogP contribution is -2.25. The monoisotopic (exact) mass is 319 g/mol. The van der Waals surface area contributed by atoms with E-state index >= 15 is 0 Å². The average molecular weight is 319 g/mol. The summed E-state index contributed by atoms with van der Waals surface area (Å²) in [5.41, 5.74) is 4.32. The van der Waals surface area contributed by atoms with Crippen molar-refractivity contribution in [3.63, 3.8) is 0 Å². The summed E-state index contributed by atoms with van der Waals surface area (Å²) in [5.74, 6) is 0.213. The van der Waals surface area contributed by atoms with Gasteiger partial charge >= 0.3 is 0 Å². The van der Waals surface area contributed by atoms with Crippen molar-refractivity contribution in [1.29, 1.82) is 0 Å². The third-order valence-corrected chi connectivity index (χ3v) is 4.40. The SMILES string of the molecule is O=C(CC1c2ccccc2-c2cncn21)NCc1ccc(O)cc1. The van der Waals surface area contributed by atoms with Crippen molar-refractivity contribution in [3.8, 4) is 17.0 Å². The summed E-state index contributed by atoms with van der Waals surface area (Å²) in [6.45, 7) is 0.449. The molecular formula is C19H17N3O2. The molecule has 3 aromatic rings. The third-order valence-electron chi connectivity index (χ3n) is 4.40. The van der Waals surface area contributed by atoms with Crippen LogP contribution in [0.15, 0.2) is 61.1 Å². The summed E-state index contributed by atoms with van der Waals surface area (Å²) in [4.78, 5) is 16.6. The average Bonchev–Trinajstić information content (AvgIpc) is 3.18. The molecule has 1 aliphatic heterocycles. The maximum absolute atomic E-state index is 12.4. The third kappa shape index (κ3) is 2.54. The van der Waals surface area contributed by atoms with Gasteiger partial charge in [0.15, 0.2) is 0 Å². The Morgan fingerprint density at radius 2 is 1.96 bits per heavy atom. The highest BCUT2D eigenvalue weighted by atomic mass is 16.3. The number of rotatable bonds is 4. The topological polar surface area (TPSA) is 67.2 Å². The summed E-state index contributed by atoms with van der Waals surface area (Å²) in [5, 5.41) is 12.2. The Bertz CT molecular complexity index is 884. The zero-order valence-corrected chi connectivity index (χ0v) is 13.0. The fraction of sp³-hybridized carbons (Fsp3) is 0.158. The first kappa shape index (κ1) is 14.5. The molecule has 5 heteroatoms. The van der Waals surface area contributed by atoms with Crippen LogP contribution >= 0.6 is 0 Å². The molecule has 2 aromatic carbocycles. The van der Waals surface area contributed by atoms with Gasteiger partial charge in [0.25, 0.3) is 0 Å². The van der Waals surface area contributed by atoms with Crippen molar-refractivity contribution in [2.45, 2.75) is 19.0 Å². The summed E-state index contributed by atoms with van der Waals surface area (Å²) in [7, 11) is 0. The van der Waals surface area contributed by atoms with Gasteiger partial charge in [0, 0.05) is 12.1 Å². The molecule has 0 saturated heterocycles. The Hall–Kier alpha value is -3.08. The Morgan fingerprint density at radius 3 is 2.79 bits per heavy atom. The fourth-order valence-electron chi connectivity index (χ4n) is 3.20. The standard InChI is InChI=1S/C19H17N3O2/c23-14-7-5-13(6-8-14)10-21-19(24)9-17-15-3-1-2-4-16(15)18-11-20-12-22(17)18/h1-8,11-12,17,23H,9-10H2,(H,21,24). The number of carbonyl (C=O) groups is 1. The number of carbonyl (C=O) groups excluding carboxylic acids is 1. The van der Waals surface area contributed by atoms with E-state index in [9.17, 15) is 9.90 Å². The Balaban J connectivity index is 1.47. The largest absolute Gasteiger partial charge is 0.508 e. The van der Waals surface area contributed by atoms with Crippen molar-refractivity contribution < 1.29 is 9.90 Å². The van der Waals surface area contributed by atoms with E-state index in [2.05, 4.69) is 27.0 Å². The summed E-state index contributed by atoms with van der Waals surface area (Å²) >= 11 is 0. The number of fused-ring (bicyclic) bond motifs is 3. The van der Waals surface area contributed by atoms with Gasteiger partial charge in [0.2, 0.25) is 5.91 Å². The second-order valence-corrected chi connectivity index (χ2v) is 5.94. The van der Waals surface area contributed by atoms with E-state index in [1.54, 1.807) is 30.6 Å². The van der Waals surface area contributed by atoms with Crippen molar-refractivity contribution in [1.82, 2.24) is 14.9 Å². The van der Waals surface area contributed by atoms with Crippen molar-refractivity contribution in [2.75, 3.05) is 0 Å². The number of phenolic OH excluding ortho intramolecular Hbond substituents is 1. The number of imidazole rings is 1. The molecule has 0 radical (unpaired) electrons. The number of benzene rings is 2. The van der Waals surface area contributed by atoms with Crippen LogP contribution in [0.25, 0.3) is 11.3 Å². The molecule has 1 amide bonds. The molecule has 0 spiro atoms. The lowest BCUT2D eigenvalue weighted by molar-refractivity contribution is -0.121. The molecule has 0 saturated carbocycles. The van der Waals surface area contributed by atoms with E-state index in [0.717, 1.165) is 22.4 Å². The van der Waals surface area contributed by atoms with E-state index in [-0.39, 0.29) is 17.7 Å². The van der Waals surface area contributed by atoms with E-state index in [0.29, 0.717) is 13.0 Å². The first-order valence-corrected chi connectivity index (χ1v) is 7.88. The molecule has 1 atom stereocenters. The second kappa shape index (κ2) is 5.85. The van der Waals surface area contributed by atoms with Crippen LogP contribution in [0.4, 0.5) is 0 Å². The van der Waals surface area contributed by atoms with Gasteiger partial charge in [-0.3, -0.25) is 4.79 Å². The van der Waals surface area contributed by atoms with Crippen LogP contribution in [0.5, 0.6) is 5.75 Å². The normalized spacial score (nSPS) is 14.9. The number of hydrogen-bond acceptors (Lipinski definition) is 3. The summed E-state index contributed by atoms with van der Waals surface area (Å²) < 4.78 is 2.06. The van der Waals surface area contributed by atoms with Gasteiger partial charge in [-0.15, -0.1) is 0 Å². The molecule has 4 rings (SSSR count). The maximum Gasteiger partial charge on any atom is 0.222 e. The zero-order chi connectivity index (χ0) is 16.5. The van der Waals surface area contributed by atoms with E-state index < -0.39 is 0 Å². The minimum atomic E-state index is -0.0153. The van der Waals surface area contributed by atoms with Crippen LogP contribution in [-0.4, -0.2) is 20.6 Å². The van der Waals surface area contributed by atoms with Crippen LogP contribution in [0.1, 0.15) is 23.6 Å². The van der Waals surface area contributed by atoms with Gasteiger partial charge in [-0.1, -0.05) is 36.4 Å². The highest BCUT2D eigenvalue weighted by molar-refractivity contribution is 5.79. The van der Waals surface area contributed by atoms with Crippen LogP contribution < -0.4 is 5.32 Å². The number of amides is 1. The lowest BCUT2D eigenvalue weighted by atomic mass is 10.0. The number of nitrogens with one attached hydrogen (secondary N) is 1. The van der Waals surface area contributed by atoms with Gasteiger partial charge in [-0.25, -0.2) is 4.98 Å². The molecule has 1 unspecified atom stereocenters. The second-order valence-electron chi connectivity index (χ2n) is 5.94. The molecule has 5 nitrogen and oxygen atoms in total. The lowest BCUT2D eigenvalue weighted by Gasteiger charge is -2.14. The highest BCUT2D eigenvalue weighted by Gasteiger charge is 2.29. The number of aromatic hydroxyl groups is 1. The molecule has 2 N–H and O–H groups in total. The fourth-order valence-corrected chi connectivity index (χ4v) is 3.20. The van der Waals surface area contributed by atoms with Crippen LogP contribution in [0.2, 0.25) is 0 Å². The first-order chi connectivity index (χ1) is 11.7. The summed E-state index contributed by atoms with van der Waals surface area (Å²) in [6, 6.07) is 15.0. The smallest absolute Gasteiger partial charge is 0.222 e. The molecule has 0 fully saturated rings. The van der Waals surface area contributed by atoms with E-state index in [4.69, 9.17) is 0 Å². The first-order valence-electron chi connectivity index (χ1n) is 7.88. The Morgan fingerprint density at radius 1 is 1.17 bits per heavy atom. The maximum atomic E-state index is 12.4. The molecule has 120 valence electrons. The van der Waals surface area contributed by atoms with Gasteiger partial charge in [0.1, 0.15) is 5.75 Å². The van der Waals surface area contributed by atoms with Crippen molar-refractivity contribution >= 4 is 5.91 Å². The highest BCUT2D eigenvalue weighted by Crippen LogP contribution is 2.40. The number of phenols is 1. The van der Waals surface area contributed by atoms with Gasteiger partial charge in [0.05, 0.1) is 30.7 Å². The predicted octanol–water partition coefficient (Wildman–Crippen LogP) is 2.87. The quantitative estimate of drug-likeness (QED) is 0.777. The van der Waals surface area contributed by atoms with Gasteiger partial charge < -0.3 is 15.0 Å². The van der Waals surface area contributed by atoms with Gasteiger partial charge in [-0.05, 0) is 23.3 Å².